The normalized spacial score (nSPS) is 11.1. The molecule has 0 unspecified atom stereocenters. The molecule has 1 aromatic rings. The van der Waals surface area contributed by atoms with E-state index in [1.165, 1.54) is 0 Å². The van der Waals surface area contributed by atoms with Crippen LogP contribution in [-0.2, 0) is 6.18 Å². The molecule has 0 saturated heterocycles. The number of hydrogen-bond donors (Lipinski definition) is 2. The number of nitrogens with two attached hydrogens (primary N) is 2. The molecule has 5 nitrogen and oxygen atoms in total. The van der Waals surface area contributed by atoms with Crippen LogP contribution >= 0.6 is 0 Å². The Balaban J connectivity index is 3.11. The number of rotatable bonds is 1. The lowest BCUT2D eigenvalue weighted by molar-refractivity contribution is -0.137. The fraction of sp³-hybridized carbons (Fsp3) is 0.143. The molecule has 0 fully saturated rings. The number of hydrogen-bond acceptors (Lipinski definition) is 4. The molecule has 0 aliphatic heterocycles. The Bertz CT molecular complexity index is 392. The molecular weight excluding hydrogens is 215 g/mol. The minimum absolute atomic E-state index is 0.416. The molecule has 1 amide bonds. The largest absolute Gasteiger partial charge is 0.416 e. The summed E-state index contributed by atoms with van der Waals surface area (Å²) >= 11 is 0. The highest BCUT2D eigenvalue weighted by Gasteiger charge is 2.31. The summed E-state index contributed by atoms with van der Waals surface area (Å²) in [5.41, 5.74) is 8.64. The maximum Gasteiger partial charge on any atom is 0.416 e. The number of nitrogen functional groups attached to an aromatic ring is 1. The van der Waals surface area contributed by atoms with Crippen LogP contribution in [0.4, 0.5) is 23.8 Å². The maximum atomic E-state index is 12.2. The number of carbonyl (C=O) groups is 1. The van der Waals surface area contributed by atoms with Crippen molar-refractivity contribution in [3.8, 4) is 5.88 Å². The van der Waals surface area contributed by atoms with Gasteiger partial charge in [0.1, 0.15) is 5.82 Å². The van der Waals surface area contributed by atoms with Gasteiger partial charge in [0.25, 0.3) is 0 Å². The smallest absolute Gasteiger partial charge is 0.391 e. The molecule has 0 atom stereocenters. The van der Waals surface area contributed by atoms with Crippen molar-refractivity contribution in [2.45, 2.75) is 6.18 Å². The van der Waals surface area contributed by atoms with Crippen LogP contribution in [0.3, 0.4) is 0 Å². The van der Waals surface area contributed by atoms with Gasteiger partial charge in [-0.15, -0.1) is 0 Å². The fourth-order valence-corrected chi connectivity index (χ4v) is 0.845. The third-order valence-electron chi connectivity index (χ3n) is 1.35. The molecule has 0 aromatic carbocycles. The van der Waals surface area contributed by atoms with Crippen molar-refractivity contribution in [1.29, 1.82) is 0 Å². The van der Waals surface area contributed by atoms with Crippen molar-refractivity contribution in [3.63, 3.8) is 0 Å². The average Bonchev–Trinajstić information content (AvgIpc) is 1.99. The molecule has 0 aliphatic rings. The minimum Gasteiger partial charge on any atom is -0.391 e. The monoisotopic (exact) mass is 221 g/mol. The van der Waals surface area contributed by atoms with E-state index >= 15 is 0 Å². The standard InChI is InChI=1S/C7H6F3N3O2/c8-7(9,10)3-1-4(11)13-5(2-3)15-6(12)14/h1-2H,(H2,11,13)(H2,12,14). The van der Waals surface area contributed by atoms with Gasteiger partial charge in [0.05, 0.1) is 5.56 Å². The molecular formula is C7H6F3N3O2. The number of anilines is 1. The van der Waals surface area contributed by atoms with Crippen LogP contribution in [0, 0.1) is 0 Å². The second-order valence-corrected chi connectivity index (χ2v) is 2.54. The highest BCUT2D eigenvalue weighted by molar-refractivity contribution is 5.67. The first-order chi connectivity index (χ1) is 6.79. The fourth-order valence-electron chi connectivity index (χ4n) is 0.845. The SMILES string of the molecule is NC(=O)Oc1cc(C(F)(F)F)cc(N)n1. The molecule has 8 heteroatoms. The van der Waals surface area contributed by atoms with E-state index in [2.05, 4.69) is 15.5 Å². The molecule has 0 spiro atoms. The number of ether oxygens (including phenoxy) is 1. The third-order valence-corrected chi connectivity index (χ3v) is 1.35. The van der Waals surface area contributed by atoms with E-state index in [0.717, 1.165) is 0 Å². The van der Waals surface area contributed by atoms with Crippen molar-refractivity contribution in [1.82, 2.24) is 4.98 Å². The van der Waals surface area contributed by atoms with Crippen molar-refractivity contribution in [2.75, 3.05) is 5.73 Å². The first kappa shape index (κ1) is 11.1. The Morgan fingerprint density at radius 2 is 2.00 bits per heavy atom. The van der Waals surface area contributed by atoms with Gasteiger partial charge in [0, 0.05) is 6.07 Å². The van der Waals surface area contributed by atoms with E-state index in [-0.39, 0.29) is 0 Å². The Labute approximate surface area is 81.8 Å². The second-order valence-electron chi connectivity index (χ2n) is 2.54. The Kier molecular flexibility index (Phi) is 2.69. The minimum atomic E-state index is -4.59. The summed E-state index contributed by atoms with van der Waals surface area (Å²) in [4.78, 5) is 13.6. The molecule has 0 aliphatic carbocycles. The van der Waals surface area contributed by atoms with Gasteiger partial charge in [-0.25, -0.2) is 4.79 Å². The summed E-state index contributed by atoms with van der Waals surface area (Å²) in [6.07, 6.45) is -5.85. The van der Waals surface area contributed by atoms with E-state index in [1.807, 2.05) is 0 Å². The van der Waals surface area contributed by atoms with E-state index in [0.29, 0.717) is 12.1 Å². The first-order valence-corrected chi connectivity index (χ1v) is 3.61. The predicted octanol–water partition coefficient (Wildman–Crippen LogP) is 1.14. The summed E-state index contributed by atoms with van der Waals surface area (Å²) in [7, 11) is 0. The summed E-state index contributed by atoms with van der Waals surface area (Å²) in [6, 6.07) is 1.15. The zero-order chi connectivity index (χ0) is 11.6. The molecule has 1 heterocycles. The van der Waals surface area contributed by atoms with E-state index in [4.69, 9.17) is 5.73 Å². The number of primary amides is 1. The number of amides is 1. The van der Waals surface area contributed by atoms with Gasteiger partial charge in [-0.3, -0.25) is 0 Å². The van der Waals surface area contributed by atoms with Crippen molar-refractivity contribution < 1.29 is 22.7 Å². The predicted molar refractivity (Wildman–Crippen MR) is 43.9 cm³/mol. The van der Waals surface area contributed by atoms with Crippen LogP contribution in [0.2, 0.25) is 0 Å². The van der Waals surface area contributed by atoms with Crippen LogP contribution in [0.25, 0.3) is 0 Å². The number of nitrogens with zero attached hydrogens (tertiary/aromatic N) is 1. The topological polar surface area (TPSA) is 91.2 Å². The lowest BCUT2D eigenvalue weighted by Crippen LogP contribution is -2.18. The number of pyridine rings is 1. The van der Waals surface area contributed by atoms with Crippen LogP contribution in [-0.4, -0.2) is 11.1 Å². The van der Waals surface area contributed by atoms with Crippen molar-refractivity contribution in [2.24, 2.45) is 5.73 Å². The van der Waals surface area contributed by atoms with Gasteiger partial charge in [-0.05, 0) is 6.07 Å². The molecule has 4 N–H and O–H groups in total. The van der Waals surface area contributed by atoms with Gasteiger partial charge in [-0.1, -0.05) is 0 Å². The number of aromatic nitrogens is 1. The van der Waals surface area contributed by atoms with Gasteiger partial charge in [0.2, 0.25) is 5.88 Å². The van der Waals surface area contributed by atoms with Crippen molar-refractivity contribution >= 4 is 11.9 Å². The number of alkyl halides is 3. The summed E-state index contributed by atoms with van der Waals surface area (Å²) < 4.78 is 40.9. The molecule has 15 heavy (non-hydrogen) atoms. The van der Waals surface area contributed by atoms with E-state index in [1.54, 1.807) is 0 Å². The average molecular weight is 221 g/mol. The summed E-state index contributed by atoms with van der Waals surface area (Å²) in [6.45, 7) is 0. The molecule has 0 radical (unpaired) electrons. The van der Waals surface area contributed by atoms with Gasteiger partial charge >= 0.3 is 12.3 Å². The second kappa shape index (κ2) is 3.64. The van der Waals surface area contributed by atoms with Gasteiger partial charge in [0.15, 0.2) is 0 Å². The van der Waals surface area contributed by atoms with Crippen molar-refractivity contribution in [3.05, 3.63) is 17.7 Å². The Morgan fingerprint density at radius 3 is 2.47 bits per heavy atom. The zero-order valence-electron chi connectivity index (χ0n) is 7.21. The van der Waals surface area contributed by atoms with Crippen LogP contribution < -0.4 is 16.2 Å². The van der Waals surface area contributed by atoms with Crippen LogP contribution in [0.1, 0.15) is 5.56 Å². The molecule has 0 saturated carbocycles. The molecule has 1 rings (SSSR count). The van der Waals surface area contributed by atoms with Gasteiger partial charge in [-0.2, -0.15) is 18.2 Å². The lowest BCUT2D eigenvalue weighted by atomic mass is 10.2. The Morgan fingerprint density at radius 1 is 1.40 bits per heavy atom. The Hall–Kier alpha value is -1.99. The van der Waals surface area contributed by atoms with E-state index in [9.17, 15) is 18.0 Å². The highest BCUT2D eigenvalue weighted by atomic mass is 19.4. The summed E-state index contributed by atoms with van der Waals surface area (Å²) in [5, 5.41) is 0. The molecule has 82 valence electrons. The maximum absolute atomic E-state index is 12.2. The zero-order valence-corrected chi connectivity index (χ0v) is 7.21. The van der Waals surface area contributed by atoms with E-state index < -0.39 is 29.5 Å². The molecule has 1 aromatic heterocycles. The van der Waals surface area contributed by atoms with Gasteiger partial charge < -0.3 is 16.2 Å². The van der Waals surface area contributed by atoms with Crippen LogP contribution in [0.5, 0.6) is 5.88 Å². The number of halogens is 3. The first-order valence-electron chi connectivity index (χ1n) is 3.61. The molecule has 0 bridgehead atoms. The third kappa shape index (κ3) is 3.01. The summed E-state index contributed by atoms with van der Waals surface area (Å²) in [5.74, 6) is -1.00. The number of carbonyl (C=O) groups excluding carboxylic acids is 1. The quantitative estimate of drug-likeness (QED) is 0.743. The van der Waals surface area contributed by atoms with Crippen LogP contribution in [0.15, 0.2) is 12.1 Å². The lowest BCUT2D eigenvalue weighted by Gasteiger charge is -2.08. The highest BCUT2D eigenvalue weighted by Crippen LogP contribution is 2.31.